The first-order valence-corrected chi connectivity index (χ1v) is 7.34. The fourth-order valence-electron chi connectivity index (χ4n) is 2.61. The van der Waals surface area contributed by atoms with E-state index in [1.807, 2.05) is 36.1 Å². The SMILES string of the molecule is CCC(OC)C(=O)N1CCNCC1c1cccc(Cl)c1. The Labute approximate surface area is 125 Å². The van der Waals surface area contributed by atoms with Gasteiger partial charge in [-0.25, -0.2) is 0 Å². The van der Waals surface area contributed by atoms with Gasteiger partial charge in [-0.3, -0.25) is 4.79 Å². The second-order valence-electron chi connectivity index (χ2n) is 4.94. The number of benzene rings is 1. The van der Waals surface area contributed by atoms with E-state index in [4.69, 9.17) is 16.3 Å². The highest BCUT2D eigenvalue weighted by Gasteiger charge is 2.31. The largest absolute Gasteiger partial charge is 0.372 e. The van der Waals surface area contributed by atoms with Crippen molar-refractivity contribution in [2.75, 3.05) is 26.7 Å². The molecule has 1 aromatic rings. The van der Waals surface area contributed by atoms with Crippen LogP contribution in [0.15, 0.2) is 24.3 Å². The van der Waals surface area contributed by atoms with E-state index >= 15 is 0 Å². The number of rotatable bonds is 4. The van der Waals surface area contributed by atoms with Crippen LogP contribution in [0.4, 0.5) is 0 Å². The Hall–Kier alpha value is -1.10. The van der Waals surface area contributed by atoms with E-state index in [-0.39, 0.29) is 18.1 Å². The highest BCUT2D eigenvalue weighted by molar-refractivity contribution is 6.30. The summed E-state index contributed by atoms with van der Waals surface area (Å²) in [6.45, 7) is 4.20. The lowest BCUT2D eigenvalue weighted by Crippen LogP contribution is -2.51. The van der Waals surface area contributed by atoms with Crippen molar-refractivity contribution >= 4 is 17.5 Å². The van der Waals surface area contributed by atoms with Crippen molar-refractivity contribution in [1.29, 1.82) is 0 Å². The molecule has 0 radical (unpaired) electrons. The van der Waals surface area contributed by atoms with Gasteiger partial charge in [0.15, 0.2) is 0 Å². The first kappa shape index (κ1) is 15.3. The lowest BCUT2D eigenvalue weighted by molar-refractivity contribution is -0.145. The van der Waals surface area contributed by atoms with E-state index in [9.17, 15) is 4.79 Å². The van der Waals surface area contributed by atoms with Gasteiger partial charge in [0.25, 0.3) is 5.91 Å². The van der Waals surface area contributed by atoms with Crippen molar-refractivity contribution in [2.24, 2.45) is 0 Å². The van der Waals surface area contributed by atoms with Crippen LogP contribution in [0, 0.1) is 0 Å². The van der Waals surface area contributed by atoms with E-state index in [0.29, 0.717) is 18.0 Å². The number of hydrogen-bond acceptors (Lipinski definition) is 3. The Bertz CT molecular complexity index is 463. The molecule has 0 aliphatic carbocycles. The van der Waals surface area contributed by atoms with Crippen molar-refractivity contribution < 1.29 is 9.53 Å². The number of carbonyl (C=O) groups excluding carboxylic acids is 1. The fraction of sp³-hybridized carbons (Fsp3) is 0.533. The highest BCUT2D eigenvalue weighted by atomic mass is 35.5. The molecule has 1 amide bonds. The number of methoxy groups -OCH3 is 1. The smallest absolute Gasteiger partial charge is 0.252 e. The highest BCUT2D eigenvalue weighted by Crippen LogP contribution is 2.25. The van der Waals surface area contributed by atoms with Crippen LogP contribution in [-0.2, 0) is 9.53 Å². The van der Waals surface area contributed by atoms with Gasteiger partial charge in [0.1, 0.15) is 6.10 Å². The minimum Gasteiger partial charge on any atom is -0.372 e. The molecule has 0 aromatic heterocycles. The topological polar surface area (TPSA) is 41.6 Å². The lowest BCUT2D eigenvalue weighted by Gasteiger charge is -2.38. The van der Waals surface area contributed by atoms with Gasteiger partial charge in [-0.2, -0.15) is 0 Å². The molecule has 2 unspecified atom stereocenters. The molecular formula is C15H21ClN2O2. The second-order valence-corrected chi connectivity index (χ2v) is 5.38. The monoisotopic (exact) mass is 296 g/mol. The molecule has 1 fully saturated rings. The summed E-state index contributed by atoms with van der Waals surface area (Å²) in [5.74, 6) is 0.0569. The van der Waals surface area contributed by atoms with Crippen LogP contribution >= 0.6 is 11.6 Å². The number of nitrogens with zero attached hydrogens (tertiary/aromatic N) is 1. The van der Waals surface area contributed by atoms with Crippen molar-refractivity contribution in [2.45, 2.75) is 25.5 Å². The van der Waals surface area contributed by atoms with Crippen molar-refractivity contribution in [3.05, 3.63) is 34.9 Å². The molecule has 20 heavy (non-hydrogen) atoms. The van der Waals surface area contributed by atoms with Gasteiger partial charge < -0.3 is 15.0 Å². The number of carbonyl (C=O) groups is 1. The van der Waals surface area contributed by atoms with Crippen LogP contribution in [0.2, 0.25) is 5.02 Å². The van der Waals surface area contributed by atoms with Gasteiger partial charge in [-0.1, -0.05) is 30.7 Å². The van der Waals surface area contributed by atoms with Crippen molar-refractivity contribution in [3.8, 4) is 0 Å². The first-order valence-electron chi connectivity index (χ1n) is 6.96. The van der Waals surface area contributed by atoms with Gasteiger partial charge in [0.05, 0.1) is 6.04 Å². The quantitative estimate of drug-likeness (QED) is 0.926. The van der Waals surface area contributed by atoms with Gasteiger partial charge in [-0.05, 0) is 24.1 Å². The summed E-state index contributed by atoms with van der Waals surface area (Å²) in [5, 5.41) is 4.03. The number of amides is 1. The molecule has 2 atom stereocenters. The minimum atomic E-state index is -0.366. The van der Waals surface area contributed by atoms with Crippen LogP contribution < -0.4 is 5.32 Å². The molecule has 1 aliphatic heterocycles. The predicted octanol–water partition coefficient (Wildman–Crippen LogP) is 2.24. The van der Waals surface area contributed by atoms with Crippen LogP contribution in [-0.4, -0.2) is 43.7 Å². The molecule has 1 aliphatic rings. The molecule has 110 valence electrons. The molecular weight excluding hydrogens is 276 g/mol. The number of halogens is 1. The lowest BCUT2D eigenvalue weighted by atomic mass is 10.0. The van der Waals surface area contributed by atoms with Gasteiger partial charge in [0.2, 0.25) is 0 Å². The van der Waals surface area contributed by atoms with Crippen LogP contribution in [0.5, 0.6) is 0 Å². The zero-order valence-corrected chi connectivity index (χ0v) is 12.7. The molecule has 0 bridgehead atoms. The Morgan fingerprint density at radius 2 is 2.40 bits per heavy atom. The Morgan fingerprint density at radius 3 is 3.05 bits per heavy atom. The summed E-state index contributed by atoms with van der Waals surface area (Å²) < 4.78 is 5.28. The Morgan fingerprint density at radius 1 is 1.60 bits per heavy atom. The standard InChI is InChI=1S/C15H21ClN2O2/c1-3-14(20-2)15(19)18-8-7-17-10-13(18)11-5-4-6-12(16)9-11/h4-6,9,13-14,17H,3,7-8,10H2,1-2H3. The zero-order chi connectivity index (χ0) is 14.5. The van der Waals surface area contributed by atoms with E-state index in [0.717, 1.165) is 18.7 Å². The van der Waals surface area contributed by atoms with Crippen molar-refractivity contribution in [1.82, 2.24) is 10.2 Å². The molecule has 1 heterocycles. The summed E-state index contributed by atoms with van der Waals surface area (Å²) in [6, 6.07) is 7.71. The summed E-state index contributed by atoms with van der Waals surface area (Å²) in [7, 11) is 1.59. The molecule has 1 saturated heterocycles. The van der Waals surface area contributed by atoms with Crippen LogP contribution in [0.3, 0.4) is 0 Å². The molecule has 2 rings (SSSR count). The average Bonchev–Trinajstić information content (AvgIpc) is 2.48. The van der Waals surface area contributed by atoms with E-state index in [1.54, 1.807) is 7.11 Å². The fourth-order valence-corrected chi connectivity index (χ4v) is 2.81. The minimum absolute atomic E-state index is 0.0131. The third-order valence-electron chi connectivity index (χ3n) is 3.69. The molecule has 0 saturated carbocycles. The number of piperazine rings is 1. The van der Waals surface area contributed by atoms with E-state index in [2.05, 4.69) is 5.32 Å². The van der Waals surface area contributed by atoms with Crippen molar-refractivity contribution in [3.63, 3.8) is 0 Å². The molecule has 1 N–H and O–H groups in total. The molecule has 1 aromatic carbocycles. The third-order valence-corrected chi connectivity index (χ3v) is 3.93. The van der Waals surface area contributed by atoms with Gasteiger partial charge in [-0.15, -0.1) is 0 Å². The Balaban J connectivity index is 2.23. The van der Waals surface area contributed by atoms with E-state index in [1.165, 1.54) is 0 Å². The normalized spacial score (nSPS) is 20.8. The maximum atomic E-state index is 12.6. The Kier molecular flexibility index (Phi) is 5.40. The second kappa shape index (κ2) is 7.07. The zero-order valence-electron chi connectivity index (χ0n) is 11.9. The summed E-state index contributed by atoms with van der Waals surface area (Å²) in [6.07, 6.45) is 0.316. The summed E-state index contributed by atoms with van der Waals surface area (Å²) >= 11 is 6.06. The number of nitrogens with one attached hydrogen (secondary N) is 1. The maximum absolute atomic E-state index is 12.6. The molecule has 4 nitrogen and oxygen atoms in total. The first-order chi connectivity index (χ1) is 9.67. The van der Waals surface area contributed by atoms with E-state index < -0.39 is 0 Å². The van der Waals surface area contributed by atoms with Gasteiger partial charge >= 0.3 is 0 Å². The average molecular weight is 297 g/mol. The maximum Gasteiger partial charge on any atom is 0.252 e. The summed E-state index contributed by atoms with van der Waals surface area (Å²) in [5.41, 5.74) is 1.06. The van der Waals surface area contributed by atoms with Gasteiger partial charge in [0, 0.05) is 31.8 Å². The van der Waals surface area contributed by atoms with Crippen LogP contribution in [0.1, 0.15) is 24.9 Å². The third kappa shape index (κ3) is 3.32. The molecule has 5 heteroatoms. The predicted molar refractivity (Wildman–Crippen MR) is 79.9 cm³/mol. The van der Waals surface area contributed by atoms with Crippen LogP contribution in [0.25, 0.3) is 0 Å². The molecule has 0 spiro atoms. The summed E-state index contributed by atoms with van der Waals surface area (Å²) in [4.78, 5) is 14.5. The number of hydrogen-bond donors (Lipinski definition) is 1. The number of ether oxygens (including phenoxy) is 1.